The van der Waals surface area contributed by atoms with Gasteiger partial charge < -0.3 is 5.11 Å². The molecule has 0 heterocycles. The van der Waals surface area contributed by atoms with Gasteiger partial charge in [-0.15, -0.1) is 0 Å². The van der Waals surface area contributed by atoms with Gasteiger partial charge in [0.15, 0.2) is 5.78 Å². The summed E-state index contributed by atoms with van der Waals surface area (Å²) in [6.07, 6.45) is 0. The van der Waals surface area contributed by atoms with E-state index >= 15 is 0 Å². The maximum Gasteiger partial charge on any atom is 0.163 e. The Hall–Kier alpha value is -0.830. The molecule has 0 saturated carbocycles. The van der Waals surface area contributed by atoms with Crippen molar-refractivity contribution < 1.29 is 9.90 Å². The Morgan fingerprint density at radius 3 is 2.07 bits per heavy atom. The van der Waals surface area contributed by atoms with Gasteiger partial charge in [-0.3, -0.25) is 4.79 Å². The molecule has 0 unspecified atom stereocenters. The van der Waals surface area contributed by atoms with Crippen LogP contribution in [0.1, 0.15) is 34.0 Å². The lowest BCUT2D eigenvalue weighted by atomic mass is 9.97. The number of benzene rings is 1. The number of halogens is 1. The SMILES string of the molecule is CC(=O)c1c(C)c(Br)c(C)c(C)c1O. The maximum absolute atomic E-state index is 11.3. The molecule has 1 aromatic rings. The number of carbonyl (C=O) groups excluding carboxylic acids is 1. The van der Waals surface area contributed by atoms with Crippen LogP contribution in [0.15, 0.2) is 4.47 Å². The molecule has 3 heteroatoms. The molecule has 1 aromatic carbocycles. The Morgan fingerprint density at radius 2 is 1.64 bits per heavy atom. The van der Waals surface area contributed by atoms with E-state index < -0.39 is 0 Å². The third kappa shape index (κ3) is 1.57. The molecule has 1 N–H and O–H groups in total. The second-order valence-corrected chi connectivity index (χ2v) is 4.26. The first-order valence-corrected chi connectivity index (χ1v) is 5.16. The number of ketones is 1. The summed E-state index contributed by atoms with van der Waals surface area (Å²) in [6.45, 7) is 7.01. The van der Waals surface area contributed by atoms with E-state index in [4.69, 9.17) is 0 Å². The average molecular weight is 257 g/mol. The van der Waals surface area contributed by atoms with Gasteiger partial charge in [0, 0.05) is 4.47 Å². The minimum absolute atomic E-state index is 0.107. The maximum atomic E-state index is 11.3. The van der Waals surface area contributed by atoms with Crippen molar-refractivity contribution in [2.75, 3.05) is 0 Å². The highest BCUT2D eigenvalue weighted by molar-refractivity contribution is 9.10. The number of phenols is 1. The van der Waals surface area contributed by atoms with Crippen LogP contribution in [0.3, 0.4) is 0 Å². The predicted molar refractivity (Wildman–Crippen MR) is 60.0 cm³/mol. The standard InChI is InChI=1S/C11H13BrO2/c1-5-6(2)11(14)9(8(4)13)7(3)10(5)12/h14H,1-4H3. The van der Waals surface area contributed by atoms with Crippen molar-refractivity contribution in [3.63, 3.8) is 0 Å². The largest absolute Gasteiger partial charge is 0.507 e. The molecule has 76 valence electrons. The molecule has 0 fully saturated rings. The summed E-state index contributed by atoms with van der Waals surface area (Å²) >= 11 is 3.42. The van der Waals surface area contributed by atoms with Gasteiger partial charge in [-0.25, -0.2) is 0 Å². The van der Waals surface area contributed by atoms with Crippen molar-refractivity contribution in [1.82, 2.24) is 0 Å². The summed E-state index contributed by atoms with van der Waals surface area (Å²) in [6, 6.07) is 0. The number of hydrogen-bond acceptors (Lipinski definition) is 2. The van der Waals surface area contributed by atoms with Gasteiger partial charge in [-0.1, -0.05) is 15.9 Å². The monoisotopic (exact) mass is 256 g/mol. The topological polar surface area (TPSA) is 37.3 Å². The van der Waals surface area contributed by atoms with Crippen molar-refractivity contribution in [1.29, 1.82) is 0 Å². The van der Waals surface area contributed by atoms with Crippen LogP contribution in [0.25, 0.3) is 0 Å². The predicted octanol–water partition coefficient (Wildman–Crippen LogP) is 3.28. The first-order valence-electron chi connectivity index (χ1n) is 4.37. The number of carbonyl (C=O) groups is 1. The number of hydrogen-bond donors (Lipinski definition) is 1. The summed E-state index contributed by atoms with van der Waals surface area (Å²) in [5.41, 5.74) is 2.95. The van der Waals surface area contributed by atoms with E-state index in [0.29, 0.717) is 5.56 Å². The molecule has 0 aromatic heterocycles. The van der Waals surface area contributed by atoms with E-state index in [1.807, 2.05) is 13.8 Å². The van der Waals surface area contributed by atoms with Gasteiger partial charge in [-0.2, -0.15) is 0 Å². The summed E-state index contributed by atoms with van der Waals surface area (Å²) in [5.74, 6) is -0.000463. The van der Waals surface area contributed by atoms with E-state index in [2.05, 4.69) is 15.9 Å². The minimum atomic E-state index is -0.108. The lowest BCUT2D eigenvalue weighted by Gasteiger charge is -2.13. The Labute approximate surface area is 92.1 Å². The number of rotatable bonds is 1. The van der Waals surface area contributed by atoms with Crippen LogP contribution >= 0.6 is 15.9 Å². The molecule has 0 saturated heterocycles. The third-order valence-corrected chi connectivity index (χ3v) is 3.73. The third-order valence-electron chi connectivity index (χ3n) is 2.54. The number of phenolic OH excluding ortho intramolecular Hbond substituents is 1. The van der Waals surface area contributed by atoms with E-state index in [-0.39, 0.29) is 11.5 Å². The van der Waals surface area contributed by atoms with Crippen LogP contribution < -0.4 is 0 Å². The lowest BCUT2D eigenvalue weighted by Crippen LogP contribution is -2.01. The summed E-state index contributed by atoms with van der Waals surface area (Å²) in [4.78, 5) is 11.3. The molecule has 0 aliphatic rings. The van der Waals surface area contributed by atoms with Gasteiger partial charge in [0.05, 0.1) is 5.56 Å². The summed E-state index contributed by atoms with van der Waals surface area (Å²) < 4.78 is 0.901. The average Bonchev–Trinajstić information content (AvgIpc) is 2.11. The van der Waals surface area contributed by atoms with Crippen LogP contribution in [0.2, 0.25) is 0 Å². The molecule has 0 amide bonds. The molecule has 0 aliphatic carbocycles. The van der Waals surface area contributed by atoms with Gasteiger partial charge in [0.1, 0.15) is 5.75 Å². The van der Waals surface area contributed by atoms with Gasteiger partial charge in [0.2, 0.25) is 0 Å². The smallest absolute Gasteiger partial charge is 0.163 e. The van der Waals surface area contributed by atoms with Crippen LogP contribution in [0, 0.1) is 20.8 Å². The number of Topliss-reactive ketones (excluding diaryl/α,β-unsaturated/α-hetero) is 1. The molecule has 0 bridgehead atoms. The fraction of sp³-hybridized carbons (Fsp3) is 0.364. The van der Waals surface area contributed by atoms with Crippen LogP contribution in [0.4, 0.5) is 0 Å². The molecule has 0 spiro atoms. The lowest BCUT2D eigenvalue weighted by molar-refractivity contribution is 0.101. The Bertz CT molecular complexity index is 379. The molecule has 0 atom stereocenters. The van der Waals surface area contributed by atoms with Gasteiger partial charge in [0.25, 0.3) is 0 Å². The summed E-state index contributed by atoms with van der Waals surface area (Å²) in [7, 11) is 0. The normalized spacial score (nSPS) is 10.4. The van der Waals surface area contributed by atoms with E-state index in [9.17, 15) is 9.90 Å². The Balaban J connectivity index is 3.68. The second-order valence-electron chi connectivity index (χ2n) is 3.47. The highest BCUT2D eigenvalue weighted by Crippen LogP contribution is 2.35. The van der Waals surface area contributed by atoms with E-state index in [1.54, 1.807) is 6.92 Å². The van der Waals surface area contributed by atoms with E-state index in [0.717, 1.165) is 21.2 Å². The van der Waals surface area contributed by atoms with Crippen LogP contribution in [-0.2, 0) is 0 Å². The Kier molecular flexibility index (Phi) is 3.00. The highest BCUT2D eigenvalue weighted by atomic mass is 79.9. The first-order chi connectivity index (χ1) is 6.37. The fourth-order valence-electron chi connectivity index (χ4n) is 1.53. The summed E-state index contributed by atoms with van der Waals surface area (Å²) in [5, 5.41) is 9.81. The Morgan fingerprint density at radius 1 is 1.14 bits per heavy atom. The fourth-order valence-corrected chi connectivity index (χ4v) is 2.02. The van der Waals surface area contributed by atoms with Crippen LogP contribution in [0.5, 0.6) is 5.75 Å². The van der Waals surface area contributed by atoms with Crippen LogP contribution in [-0.4, -0.2) is 10.9 Å². The number of aromatic hydroxyl groups is 1. The molecule has 0 aliphatic heterocycles. The van der Waals surface area contributed by atoms with Crippen molar-refractivity contribution in [3.8, 4) is 5.75 Å². The molecular weight excluding hydrogens is 244 g/mol. The van der Waals surface area contributed by atoms with Crippen molar-refractivity contribution in [3.05, 3.63) is 26.7 Å². The molecular formula is C11H13BrO2. The van der Waals surface area contributed by atoms with Crippen molar-refractivity contribution in [2.45, 2.75) is 27.7 Å². The van der Waals surface area contributed by atoms with Crippen molar-refractivity contribution >= 4 is 21.7 Å². The zero-order valence-corrected chi connectivity index (χ0v) is 10.3. The molecule has 2 nitrogen and oxygen atoms in total. The zero-order valence-electron chi connectivity index (χ0n) is 8.73. The molecule has 14 heavy (non-hydrogen) atoms. The van der Waals surface area contributed by atoms with Crippen molar-refractivity contribution in [2.24, 2.45) is 0 Å². The van der Waals surface area contributed by atoms with Gasteiger partial charge in [-0.05, 0) is 44.4 Å². The quantitative estimate of drug-likeness (QED) is 0.784. The molecule has 0 radical (unpaired) electrons. The van der Waals surface area contributed by atoms with Gasteiger partial charge >= 0.3 is 0 Å². The first kappa shape index (κ1) is 11.2. The highest BCUT2D eigenvalue weighted by Gasteiger charge is 2.17. The van der Waals surface area contributed by atoms with E-state index in [1.165, 1.54) is 6.92 Å². The second kappa shape index (κ2) is 3.73. The zero-order chi connectivity index (χ0) is 11.0. The molecule has 1 rings (SSSR count). The minimum Gasteiger partial charge on any atom is -0.507 e.